The van der Waals surface area contributed by atoms with Crippen LogP contribution in [0.5, 0.6) is 0 Å². The third-order valence-electron chi connectivity index (χ3n) is 8.00. The number of benzene rings is 2. The number of carbonyl (C=O) groups excluding carboxylic acids is 2. The average Bonchev–Trinajstić information content (AvgIpc) is 3.48. The summed E-state index contributed by atoms with van der Waals surface area (Å²) in [6.07, 6.45) is 9.10. The van der Waals surface area contributed by atoms with Crippen LogP contribution >= 0.6 is 11.6 Å². The standard InChI is InChI=1S/C30H34ClN7O2/c31-25-17-32-29-34-23-9-3-5-19(15-23)10-11-20-16-24(33-27(25)37-29)12-13-26(20)36-28(39)21-6-4-14-38(18-21)30(40)35-22-7-1-2-8-22/h3,5,9,12-13,15-17,21-22H,1-2,4,6-8,10-11,14,18H2,(H,35,40)(H,36,39)(H2,32,33,34,37). The van der Waals surface area contributed by atoms with E-state index >= 15 is 0 Å². The molecule has 1 saturated heterocycles. The van der Waals surface area contributed by atoms with Gasteiger partial charge in [0, 0.05) is 36.2 Å². The van der Waals surface area contributed by atoms with Gasteiger partial charge in [0.15, 0.2) is 5.82 Å². The van der Waals surface area contributed by atoms with Crippen molar-refractivity contribution in [2.45, 2.75) is 57.4 Å². The molecule has 3 amide bonds. The highest BCUT2D eigenvalue weighted by atomic mass is 35.5. The number of urea groups is 1. The Morgan fingerprint density at radius 3 is 2.70 bits per heavy atom. The molecule has 3 aliphatic rings. The lowest BCUT2D eigenvalue weighted by atomic mass is 9.96. The van der Waals surface area contributed by atoms with E-state index in [9.17, 15) is 9.59 Å². The summed E-state index contributed by atoms with van der Waals surface area (Å²) in [7, 11) is 0. The molecule has 2 aromatic carbocycles. The largest absolute Gasteiger partial charge is 0.339 e. The lowest BCUT2D eigenvalue weighted by Crippen LogP contribution is -2.49. The van der Waals surface area contributed by atoms with Gasteiger partial charge in [-0.2, -0.15) is 4.98 Å². The zero-order valence-corrected chi connectivity index (χ0v) is 23.1. The Balaban J connectivity index is 1.20. The van der Waals surface area contributed by atoms with Gasteiger partial charge < -0.3 is 26.2 Å². The fourth-order valence-corrected chi connectivity index (χ4v) is 5.95. The first-order valence-corrected chi connectivity index (χ1v) is 14.5. The summed E-state index contributed by atoms with van der Waals surface area (Å²) < 4.78 is 0. The van der Waals surface area contributed by atoms with Crippen molar-refractivity contribution in [3.8, 4) is 0 Å². The van der Waals surface area contributed by atoms with Gasteiger partial charge in [-0.05, 0) is 80.0 Å². The topological polar surface area (TPSA) is 111 Å². The molecule has 1 aromatic heterocycles. The molecule has 4 N–H and O–H groups in total. The zero-order chi connectivity index (χ0) is 27.5. The van der Waals surface area contributed by atoms with Crippen LogP contribution in [0.25, 0.3) is 0 Å². The number of amides is 3. The first-order chi connectivity index (χ1) is 19.5. The maximum Gasteiger partial charge on any atom is 0.317 e. The van der Waals surface area contributed by atoms with Crippen molar-refractivity contribution < 1.29 is 9.59 Å². The van der Waals surface area contributed by atoms with Crippen LogP contribution in [-0.2, 0) is 17.6 Å². The number of nitrogens with one attached hydrogen (secondary N) is 4. The number of piperidine rings is 1. The summed E-state index contributed by atoms with van der Waals surface area (Å²) >= 11 is 6.40. The lowest BCUT2D eigenvalue weighted by Gasteiger charge is -2.33. The molecule has 1 aliphatic carbocycles. The van der Waals surface area contributed by atoms with E-state index in [4.69, 9.17) is 11.6 Å². The first-order valence-electron chi connectivity index (χ1n) is 14.1. The van der Waals surface area contributed by atoms with Gasteiger partial charge in [-0.15, -0.1) is 0 Å². The molecule has 6 bridgehead atoms. The molecule has 1 unspecified atom stereocenters. The molecule has 40 heavy (non-hydrogen) atoms. The number of rotatable bonds is 3. The van der Waals surface area contributed by atoms with E-state index in [1.165, 1.54) is 12.8 Å². The van der Waals surface area contributed by atoms with Crippen LogP contribution in [0, 0.1) is 5.92 Å². The second-order valence-corrected chi connectivity index (χ2v) is 11.3. The van der Waals surface area contributed by atoms with Gasteiger partial charge in [-0.25, -0.2) is 9.78 Å². The van der Waals surface area contributed by atoms with Crippen molar-refractivity contribution in [1.82, 2.24) is 20.2 Å². The first kappa shape index (κ1) is 26.4. The second-order valence-electron chi connectivity index (χ2n) is 10.9. The fourth-order valence-electron chi connectivity index (χ4n) is 5.81. The highest BCUT2D eigenvalue weighted by molar-refractivity contribution is 6.32. The number of halogens is 1. The highest BCUT2D eigenvalue weighted by Crippen LogP contribution is 2.30. The van der Waals surface area contributed by atoms with Crippen molar-refractivity contribution in [2.75, 3.05) is 29.0 Å². The van der Waals surface area contributed by atoms with E-state index in [0.717, 1.165) is 66.7 Å². The summed E-state index contributed by atoms with van der Waals surface area (Å²) in [6, 6.07) is 14.2. The van der Waals surface area contributed by atoms with Gasteiger partial charge in [-0.1, -0.05) is 36.6 Å². The SMILES string of the molecule is O=C(Nc1ccc2cc1CCc1cccc(c1)Nc1ncc(Cl)c(n1)N2)C1CCCN(C(=O)NC2CCCC2)C1. The smallest absolute Gasteiger partial charge is 0.317 e. The molecule has 6 rings (SSSR count). The fraction of sp³-hybridized carbons (Fsp3) is 0.400. The number of aryl methyl sites for hydroxylation is 2. The molecule has 1 saturated carbocycles. The van der Waals surface area contributed by atoms with E-state index in [2.05, 4.69) is 43.4 Å². The number of hydrogen-bond acceptors (Lipinski definition) is 6. The molecule has 2 fully saturated rings. The predicted octanol–water partition coefficient (Wildman–Crippen LogP) is 6.02. The van der Waals surface area contributed by atoms with Crippen LogP contribution in [0.4, 0.5) is 33.6 Å². The molecule has 10 heteroatoms. The van der Waals surface area contributed by atoms with Crippen LogP contribution in [0.2, 0.25) is 5.02 Å². The van der Waals surface area contributed by atoms with Crippen molar-refractivity contribution in [3.63, 3.8) is 0 Å². The van der Waals surface area contributed by atoms with Crippen LogP contribution in [0.15, 0.2) is 48.7 Å². The minimum atomic E-state index is -0.246. The minimum absolute atomic E-state index is 0.0406. The molecule has 0 spiro atoms. The molecule has 3 aromatic rings. The minimum Gasteiger partial charge on any atom is -0.339 e. The van der Waals surface area contributed by atoms with Gasteiger partial charge in [0.1, 0.15) is 5.02 Å². The summed E-state index contributed by atoms with van der Waals surface area (Å²) in [6.45, 7) is 1.13. The van der Waals surface area contributed by atoms with E-state index in [0.29, 0.717) is 29.9 Å². The molecule has 9 nitrogen and oxygen atoms in total. The Labute approximate surface area is 239 Å². The Morgan fingerprint density at radius 2 is 1.82 bits per heavy atom. The van der Waals surface area contributed by atoms with E-state index in [1.807, 2.05) is 35.2 Å². The molecule has 1 atom stereocenters. The third-order valence-corrected chi connectivity index (χ3v) is 8.27. The normalized spacial score (nSPS) is 18.8. The number of hydrogen-bond donors (Lipinski definition) is 4. The monoisotopic (exact) mass is 559 g/mol. The highest BCUT2D eigenvalue weighted by Gasteiger charge is 2.30. The van der Waals surface area contributed by atoms with Crippen LogP contribution in [-0.4, -0.2) is 45.9 Å². The summed E-state index contributed by atoms with van der Waals surface area (Å²) in [5.41, 5.74) is 4.65. The average molecular weight is 560 g/mol. The molecule has 0 radical (unpaired) electrons. The van der Waals surface area contributed by atoms with E-state index in [-0.39, 0.29) is 23.9 Å². The number of anilines is 5. The number of carbonyl (C=O) groups is 2. The van der Waals surface area contributed by atoms with Crippen molar-refractivity contribution >= 4 is 52.4 Å². The van der Waals surface area contributed by atoms with E-state index < -0.39 is 0 Å². The number of aromatic nitrogens is 2. The molecular formula is C30H34ClN7O2. The maximum absolute atomic E-state index is 13.5. The summed E-state index contributed by atoms with van der Waals surface area (Å²) in [5, 5.41) is 13.3. The van der Waals surface area contributed by atoms with Crippen molar-refractivity contribution in [2.24, 2.45) is 5.92 Å². The number of likely N-dealkylation sites (tertiary alicyclic amines) is 1. The lowest BCUT2D eigenvalue weighted by molar-refractivity contribution is -0.121. The Bertz CT molecular complexity index is 1410. The van der Waals surface area contributed by atoms with Crippen LogP contribution in [0.1, 0.15) is 49.7 Å². The zero-order valence-electron chi connectivity index (χ0n) is 22.4. The van der Waals surface area contributed by atoms with Gasteiger partial charge >= 0.3 is 6.03 Å². The number of nitrogens with zero attached hydrogens (tertiary/aromatic N) is 3. The maximum atomic E-state index is 13.5. The van der Waals surface area contributed by atoms with Gasteiger partial charge in [0.05, 0.1) is 12.1 Å². The van der Waals surface area contributed by atoms with Gasteiger partial charge in [0.25, 0.3) is 0 Å². The van der Waals surface area contributed by atoms with Gasteiger partial charge in [0.2, 0.25) is 11.9 Å². The molecule has 208 valence electrons. The van der Waals surface area contributed by atoms with Crippen molar-refractivity contribution in [3.05, 3.63) is 64.8 Å². The number of fused-ring (bicyclic) bond motifs is 6. The molecule has 2 aliphatic heterocycles. The second kappa shape index (κ2) is 11.7. The third kappa shape index (κ3) is 6.14. The Hall–Kier alpha value is -3.85. The van der Waals surface area contributed by atoms with Crippen LogP contribution in [0.3, 0.4) is 0 Å². The quantitative estimate of drug-likeness (QED) is 0.312. The Morgan fingerprint density at radius 1 is 0.975 bits per heavy atom. The summed E-state index contributed by atoms with van der Waals surface area (Å²) in [5.74, 6) is 0.651. The van der Waals surface area contributed by atoms with Gasteiger partial charge in [-0.3, -0.25) is 4.79 Å². The van der Waals surface area contributed by atoms with Crippen LogP contribution < -0.4 is 21.3 Å². The molecule has 3 heterocycles. The molecular weight excluding hydrogens is 526 g/mol. The Kier molecular flexibility index (Phi) is 7.73. The predicted molar refractivity (Wildman–Crippen MR) is 158 cm³/mol. The summed E-state index contributed by atoms with van der Waals surface area (Å²) in [4.78, 5) is 37.0. The van der Waals surface area contributed by atoms with E-state index in [1.54, 1.807) is 6.20 Å². The van der Waals surface area contributed by atoms with Crippen molar-refractivity contribution in [1.29, 1.82) is 0 Å².